The van der Waals surface area contributed by atoms with Crippen LogP contribution in [0.4, 0.5) is 5.69 Å². The van der Waals surface area contributed by atoms with Gasteiger partial charge in [0.25, 0.3) is 5.91 Å². The standard InChI is InChI=1S/C20H16N6O3/c21-18(28)13-6-8-14(9-7-13)25-17(27)11-29-20-16-10-24-26(19(16)22-12-23-20)15-4-2-1-3-5-15/h1-10,12H,11H2,(H2,21,28)(H,25,27). The fourth-order valence-corrected chi connectivity index (χ4v) is 2.74. The molecule has 2 aromatic carbocycles. The van der Waals surface area contributed by atoms with E-state index in [0.29, 0.717) is 22.3 Å². The average Bonchev–Trinajstić information content (AvgIpc) is 3.18. The van der Waals surface area contributed by atoms with E-state index in [1.165, 1.54) is 18.5 Å². The van der Waals surface area contributed by atoms with Crippen molar-refractivity contribution in [2.45, 2.75) is 0 Å². The van der Waals surface area contributed by atoms with Crippen LogP contribution in [0.25, 0.3) is 16.7 Å². The van der Waals surface area contributed by atoms with Gasteiger partial charge in [-0.05, 0) is 36.4 Å². The highest BCUT2D eigenvalue weighted by molar-refractivity contribution is 5.95. The van der Waals surface area contributed by atoms with E-state index in [2.05, 4.69) is 20.4 Å². The molecule has 4 aromatic rings. The number of primary amides is 1. The molecular weight excluding hydrogens is 372 g/mol. The lowest BCUT2D eigenvalue weighted by Gasteiger charge is -2.08. The Morgan fingerprint density at radius 1 is 1.03 bits per heavy atom. The lowest BCUT2D eigenvalue weighted by Crippen LogP contribution is -2.20. The fourth-order valence-electron chi connectivity index (χ4n) is 2.74. The van der Waals surface area contributed by atoms with Crippen molar-refractivity contribution in [2.75, 3.05) is 11.9 Å². The molecule has 4 rings (SSSR count). The van der Waals surface area contributed by atoms with E-state index in [0.717, 1.165) is 5.69 Å². The molecule has 2 amide bonds. The number of nitrogens with two attached hydrogens (primary N) is 1. The Morgan fingerprint density at radius 2 is 1.79 bits per heavy atom. The van der Waals surface area contributed by atoms with Crippen LogP contribution in [-0.4, -0.2) is 38.2 Å². The summed E-state index contributed by atoms with van der Waals surface area (Å²) in [5.74, 6) is -0.648. The monoisotopic (exact) mass is 388 g/mol. The molecular formula is C20H16N6O3. The zero-order valence-corrected chi connectivity index (χ0v) is 15.1. The van der Waals surface area contributed by atoms with Gasteiger partial charge in [-0.25, -0.2) is 14.6 Å². The first-order chi connectivity index (χ1) is 14.1. The zero-order valence-electron chi connectivity index (χ0n) is 15.1. The summed E-state index contributed by atoms with van der Waals surface area (Å²) in [6.45, 7) is -0.250. The normalized spacial score (nSPS) is 10.6. The number of para-hydroxylation sites is 1. The lowest BCUT2D eigenvalue weighted by atomic mass is 10.2. The molecule has 0 spiro atoms. The molecule has 0 aliphatic rings. The summed E-state index contributed by atoms with van der Waals surface area (Å²) in [7, 11) is 0. The van der Waals surface area contributed by atoms with E-state index in [4.69, 9.17) is 10.5 Å². The molecule has 0 aliphatic heterocycles. The van der Waals surface area contributed by atoms with Crippen LogP contribution >= 0.6 is 0 Å². The number of nitrogens with one attached hydrogen (secondary N) is 1. The Morgan fingerprint density at radius 3 is 2.52 bits per heavy atom. The van der Waals surface area contributed by atoms with Crippen molar-refractivity contribution in [2.24, 2.45) is 5.73 Å². The largest absolute Gasteiger partial charge is 0.467 e. The molecule has 29 heavy (non-hydrogen) atoms. The molecule has 0 saturated carbocycles. The summed E-state index contributed by atoms with van der Waals surface area (Å²) in [6.07, 6.45) is 2.96. The number of aromatic nitrogens is 4. The van der Waals surface area contributed by atoms with Gasteiger partial charge in [0.1, 0.15) is 11.7 Å². The van der Waals surface area contributed by atoms with Gasteiger partial charge in [0, 0.05) is 11.3 Å². The van der Waals surface area contributed by atoms with Gasteiger partial charge >= 0.3 is 0 Å². The van der Waals surface area contributed by atoms with E-state index in [1.807, 2.05) is 30.3 Å². The number of anilines is 1. The van der Waals surface area contributed by atoms with Crippen LogP contribution in [0.1, 0.15) is 10.4 Å². The van der Waals surface area contributed by atoms with E-state index in [9.17, 15) is 9.59 Å². The number of hydrogen-bond donors (Lipinski definition) is 2. The molecule has 2 heterocycles. The maximum atomic E-state index is 12.2. The SMILES string of the molecule is NC(=O)c1ccc(NC(=O)COc2ncnc3c2cnn3-c2ccccc2)cc1. The number of nitrogens with zero attached hydrogens (tertiary/aromatic N) is 4. The van der Waals surface area contributed by atoms with Crippen molar-refractivity contribution < 1.29 is 14.3 Å². The minimum Gasteiger partial charge on any atom is -0.467 e. The van der Waals surface area contributed by atoms with Crippen LogP contribution in [0.15, 0.2) is 67.1 Å². The predicted octanol–water partition coefficient (Wildman–Crippen LogP) is 1.93. The third-order valence-corrected chi connectivity index (χ3v) is 4.12. The Bertz CT molecular complexity index is 1170. The molecule has 9 nitrogen and oxygen atoms in total. The first-order valence-electron chi connectivity index (χ1n) is 8.68. The van der Waals surface area contributed by atoms with E-state index in [-0.39, 0.29) is 18.4 Å². The Hall–Kier alpha value is -4.27. The number of benzene rings is 2. The zero-order chi connectivity index (χ0) is 20.2. The Balaban J connectivity index is 1.46. The van der Waals surface area contributed by atoms with E-state index >= 15 is 0 Å². The van der Waals surface area contributed by atoms with Gasteiger partial charge in [0.2, 0.25) is 11.8 Å². The van der Waals surface area contributed by atoms with Crippen molar-refractivity contribution >= 4 is 28.5 Å². The summed E-state index contributed by atoms with van der Waals surface area (Å²) in [6, 6.07) is 15.8. The maximum absolute atomic E-state index is 12.2. The van der Waals surface area contributed by atoms with Crippen molar-refractivity contribution in [1.82, 2.24) is 19.7 Å². The molecule has 3 N–H and O–H groups in total. The molecule has 0 fully saturated rings. The van der Waals surface area contributed by atoms with Gasteiger partial charge in [-0.1, -0.05) is 18.2 Å². The number of hydrogen-bond acceptors (Lipinski definition) is 6. The minimum atomic E-state index is -0.532. The molecule has 2 aromatic heterocycles. The fraction of sp³-hybridized carbons (Fsp3) is 0.0500. The lowest BCUT2D eigenvalue weighted by molar-refractivity contribution is -0.118. The summed E-state index contributed by atoms with van der Waals surface area (Å²) in [4.78, 5) is 31.6. The highest BCUT2D eigenvalue weighted by Gasteiger charge is 2.13. The Labute approximate surface area is 165 Å². The maximum Gasteiger partial charge on any atom is 0.262 e. The topological polar surface area (TPSA) is 125 Å². The second-order valence-corrected chi connectivity index (χ2v) is 6.09. The third kappa shape index (κ3) is 3.88. The van der Waals surface area contributed by atoms with Crippen molar-refractivity contribution in [3.63, 3.8) is 0 Å². The quantitative estimate of drug-likeness (QED) is 0.520. The first-order valence-corrected chi connectivity index (χ1v) is 8.68. The second-order valence-electron chi connectivity index (χ2n) is 6.09. The van der Waals surface area contributed by atoms with Crippen LogP contribution in [0, 0.1) is 0 Å². The smallest absolute Gasteiger partial charge is 0.262 e. The van der Waals surface area contributed by atoms with Gasteiger partial charge < -0.3 is 15.8 Å². The van der Waals surface area contributed by atoms with Gasteiger partial charge in [0.15, 0.2) is 12.3 Å². The number of ether oxygens (including phenoxy) is 1. The third-order valence-electron chi connectivity index (χ3n) is 4.12. The molecule has 144 valence electrons. The van der Waals surface area contributed by atoms with Crippen LogP contribution in [0.5, 0.6) is 5.88 Å². The molecule has 9 heteroatoms. The van der Waals surface area contributed by atoms with E-state index in [1.54, 1.807) is 23.0 Å². The number of carbonyl (C=O) groups excluding carboxylic acids is 2. The number of fused-ring (bicyclic) bond motifs is 1. The molecule has 0 saturated heterocycles. The highest BCUT2D eigenvalue weighted by atomic mass is 16.5. The van der Waals surface area contributed by atoms with Gasteiger partial charge in [-0.15, -0.1) is 0 Å². The van der Waals surface area contributed by atoms with Crippen LogP contribution < -0.4 is 15.8 Å². The van der Waals surface area contributed by atoms with Crippen LogP contribution in [-0.2, 0) is 4.79 Å². The highest BCUT2D eigenvalue weighted by Crippen LogP contribution is 2.23. The minimum absolute atomic E-state index is 0.250. The Kier molecular flexibility index (Phi) is 4.85. The van der Waals surface area contributed by atoms with Crippen molar-refractivity contribution in [3.8, 4) is 11.6 Å². The van der Waals surface area contributed by atoms with Crippen molar-refractivity contribution in [1.29, 1.82) is 0 Å². The summed E-state index contributed by atoms with van der Waals surface area (Å²) in [5.41, 5.74) is 7.50. The molecule has 0 bridgehead atoms. The summed E-state index contributed by atoms with van der Waals surface area (Å²) < 4.78 is 7.24. The van der Waals surface area contributed by atoms with Crippen LogP contribution in [0.3, 0.4) is 0 Å². The average molecular weight is 388 g/mol. The molecule has 0 atom stereocenters. The summed E-state index contributed by atoms with van der Waals surface area (Å²) >= 11 is 0. The molecule has 0 radical (unpaired) electrons. The molecule has 0 aliphatic carbocycles. The molecule has 0 unspecified atom stereocenters. The predicted molar refractivity (Wildman–Crippen MR) is 106 cm³/mol. The number of rotatable bonds is 6. The van der Waals surface area contributed by atoms with Crippen LogP contribution in [0.2, 0.25) is 0 Å². The van der Waals surface area contributed by atoms with Gasteiger partial charge in [-0.2, -0.15) is 5.10 Å². The first kappa shape index (κ1) is 18.1. The van der Waals surface area contributed by atoms with Gasteiger partial charge in [0.05, 0.1) is 11.9 Å². The van der Waals surface area contributed by atoms with Gasteiger partial charge in [-0.3, -0.25) is 9.59 Å². The number of carbonyl (C=O) groups is 2. The summed E-state index contributed by atoms with van der Waals surface area (Å²) in [5, 5.41) is 7.61. The van der Waals surface area contributed by atoms with E-state index < -0.39 is 5.91 Å². The van der Waals surface area contributed by atoms with Crippen molar-refractivity contribution in [3.05, 3.63) is 72.7 Å². The number of amides is 2. The second kappa shape index (κ2) is 7.77.